The van der Waals surface area contributed by atoms with E-state index in [9.17, 15) is 9.59 Å². The van der Waals surface area contributed by atoms with Gasteiger partial charge >= 0.3 is 0 Å². The number of benzene rings is 1. The van der Waals surface area contributed by atoms with Gasteiger partial charge in [-0.05, 0) is 43.9 Å². The normalized spacial score (nSPS) is 19.6. The summed E-state index contributed by atoms with van der Waals surface area (Å²) in [6.45, 7) is 5.79. The number of rotatable bonds is 3. The maximum atomic E-state index is 13.6. The number of pyridine rings is 1. The van der Waals surface area contributed by atoms with Gasteiger partial charge in [-0.3, -0.25) is 9.59 Å². The van der Waals surface area contributed by atoms with Crippen LogP contribution < -0.4 is 10.5 Å². The lowest BCUT2D eigenvalue weighted by atomic mass is 9.73. The molecule has 9 heteroatoms. The molecule has 2 aromatic heterocycles. The number of hydrogen-bond acceptors (Lipinski definition) is 5. The number of aryl methyl sites for hydroxylation is 1. The Kier molecular flexibility index (Phi) is 5.20. The van der Waals surface area contributed by atoms with Crippen LogP contribution in [0.5, 0.6) is 0 Å². The number of H-pyrrole nitrogens is 1. The monoisotopic (exact) mass is 501 g/mol. The van der Waals surface area contributed by atoms with Gasteiger partial charge in [0.25, 0.3) is 11.5 Å². The van der Waals surface area contributed by atoms with Crippen molar-refractivity contribution in [3.05, 3.63) is 61.2 Å². The zero-order chi connectivity index (χ0) is 23.6. The van der Waals surface area contributed by atoms with E-state index in [2.05, 4.69) is 9.88 Å². The molecule has 2 saturated heterocycles. The van der Waals surface area contributed by atoms with Crippen molar-refractivity contribution in [2.75, 3.05) is 37.7 Å². The lowest BCUT2D eigenvalue weighted by Crippen LogP contribution is -2.58. The number of aromatic amines is 1. The standard InChI is InChI=1S/C25H25Cl2N3O4/c1-14-22-15(3-7-34-22)17(23(31)28-14)11-29-6-2-16-18(26)10-19(21(27)20(16)24(29)32)30-12-25(13-30)4-8-33-9-5-25/h3,7,10H,2,4-6,8-9,11-13H2,1H3,(H,28,31). The Balaban J connectivity index is 1.32. The number of carbonyl (C=O) groups excluding carboxylic acids is 1. The first-order chi connectivity index (χ1) is 16.4. The van der Waals surface area contributed by atoms with Crippen LogP contribution in [0.4, 0.5) is 5.69 Å². The summed E-state index contributed by atoms with van der Waals surface area (Å²) in [7, 11) is 0. The summed E-state index contributed by atoms with van der Waals surface area (Å²) in [5, 5.41) is 1.74. The van der Waals surface area contributed by atoms with E-state index >= 15 is 0 Å². The predicted octanol–water partition coefficient (Wildman–Crippen LogP) is 4.55. The summed E-state index contributed by atoms with van der Waals surface area (Å²) in [4.78, 5) is 33.1. The number of fused-ring (bicyclic) bond motifs is 2. The molecule has 178 valence electrons. The maximum Gasteiger partial charge on any atom is 0.256 e. The summed E-state index contributed by atoms with van der Waals surface area (Å²) in [6, 6.07) is 3.67. The van der Waals surface area contributed by atoms with E-state index < -0.39 is 0 Å². The van der Waals surface area contributed by atoms with Gasteiger partial charge in [0.2, 0.25) is 0 Å². The van der Waals surface area contributed by atoms with Crippen LogP contribution in [0.2, 0.25) is 10.0 Å². The molecule has 0 bridgehead atoms. The molecule has 5 heterocycles. The summed E-state index contributed by atoms with van der Waals surface area (Å²) < 4.78 is 11.1. The third-order valence-corrected chi connectivity index (χ3v) is 8.35. The first-order valence-electron chi connectivity index (χ1n) is 11.6. The van der Waals surface area contributed by atoms with Crippen molar-refractivity contribution >= 4 is 45.8 Å². The van der Waals surface area contributed by atoms with Crippen molar-refractivity contribution < 1.29 is 13.9 Å². The Morgan fingerprint density at radius 1 is 1.18 bits per heavy atom. The van der Waals surface area contributed by atoms with Crippen LogP contribution >= 0.6 is 23.2 Å². The molecule has 0 aliphatic carbocycles. The van der Waals surface area contributed by atoms with Crippen molar-refractivity contribution in [1.29, 1.82) is 0 Å². The highest BCUT2D eigenvalue weighted by molar-refractivity contribution is 6.39. The zero-order valence-corrected chi connectivity index (χ0v) is 20.4. The average molecular weight is 502 g/mol. The first kappa shape index (κ1) is 22.0. The van der Waals surface area contributed by atoms with E-state index in [0.717, 1.165) is 55.8 Å². The van der Waals surface area contributed by atoms with Crippen LogP contribution in [0.25, 0.3) is 11.0 Å². The molecule has 3 aliphatic heterocycles. The Hall–Kier alpha value is -2.48. The number of nitrogens with zero attached hydrogens (tertiary/aromatic N) is 2. The largest absolute Gasteiger partial charge is 0.463 e. The number of amides is 1. The molecule has 1 amide bonds. The van der Waals surface area contributed by atoms with Gasteiger partial charge in [0.1, 0.15) is 0 Å². The first-order valence-corrected chi connectivity index (χ1v) is 12.3. The minimum atomic E-state index is -0.217. The van der Waals surface area contributed by atoms with E-state index in [1.807, 2.05) is 6.07 Å². The number of anilines is 1. The smallest absolute Gasteiger partial charge is 0.256 e. The number of carbonyl (C=O) groups is 1. The molecule has 3 aliphatic rings. The van der Waals surface area contributed by atoms with Crippen LogP contribution in [0.1, 0.15) is 40.0 Å². The highest BCUT2D eigenvalue weighted by atomic mass is 35.5. The summed E-state index contributed by atoms with van der Waals surface area (Å²) in [5.41, 5.74) is 3.90. The zero-order valence-electron chi connectivity index (χ0n) is 18.9. The molecule has 1 N–H and O–H groups in total. The average Bonchev–Trinajstić information content (AvgIpc) is 3.29. The van der Waals surface area contributed by atoms with Crippen molar-refractivity contribution in [2.24, 2.45) is 5.41 Å². The molecule has 0 atom stereocenters. The fourth-order valence-electron chi connectivity index (χ4n) is 5.67. The second-order valence-electron chi connectivity index (χ2n) is 9.71. The molecule has 34 heavy (non-hydrogen) atoms. The van der Waals surface area contributed by atoms with Crippen LogP contribution in [0.3, 0.4) is 0 Å². The number of aromatic nitrogens is 1. The van der Waals surface area contributed by atoms with E-state index in [-0.39, 0.29) is 23.4 Å². The molecule has 3 aromatic rings. The second-order valence-corrected chi connectivity index (χ2v) is 10.5. The summed E-state index contributed by atoms with van der Waals surface area (Å²) >= 11 is 13.5. The van der Waals surface area contributed by atoms with E-state index in [0.29, 0.717) is 45.4 Å². The van der Waals surface area contributed by atoms with E-state index in [1.54, 1.807) is 24.2 Å². The van der Waals surface area contributed by atoms with Crippen LogP contribution in [-0.2, 0) is 17.7 Å². The van der Waals surface area contributed by atoms with E-state index in [4.69, 9.17) is 32.4 Å². The molecular weight excluding hydrogens is 477 g/mol. The lowest BCUT2D eigenvalue weighted by Gasteiger charge is -2.53. The van der Waals surface area contributed by atoms with Crippen molar-refractivity contribution in [1.82, 2.24) is 9.88 Å². The Morgan fingerprint density at radius 3 is 2.71 bits per heavy atom. The van der Waals surface area contributed by atoms with Gasteiger partial charge in [0, 0.05) is 54.2 Å². The second kappa shape index (κ2) is 8.04. The Labute approximate surface area is 206 Å². The van der Waals surface area contributed by atoms with Gasteiger partial charge in [0.15, 0.2) is 5.58 Å². The topological polar surface area (TPSA) is 78.8 Å². The molecule has 0 unspecified atom stereocenters. The fourth-order valence-corrected chi connectivity index (χ4v) is 6.33. The van der Waals surface area contributed by atoms with Gasteiger partial charge in [-0.15, -0.1) is 0 Å². The molecule has 6 rings (SSSR count). The molecule has 1 spiro atoms. The Bertz CT molecular complexity index is 1360. The molecule has 2 fully saturated rings. The van der Waals surface area contributed by atoms with Gasteiger partial charge in [-0.25, -0.2) is 0 Å². The van der Waals surface area contributed by atoms with Crippen molar-refractivity contribution in [2.45, 2.75) is 32.7 Å². The quantitative estimate of drug-likeness (QED) is 0.569. The number of ether oxygens (including phenoxy) is 1. The SMILES string of the molecule is Cc1[nH]c(=O)c(CN2CCc3c(Cl)cc(N4CC5(CCOCC5)C4)c(Cl)c3C2=O)c2ccoc12. The van der Waals surface area contributed by atoms with Crippen LogP contribution in [0.15, 0.2) is 27.6 Å². The molecule has 0 saturated carbocycles. The van der Waals surface area contributed by atoms with Gasteiger partial charge in [0.05, 0.1) is 34.8 Å². The number of furan rings is 1. The predicted molar refractivity (Wildman–Crippen MR) is 131 cm³/mol. The van der Waals surface area contributed by atoms with Crippen LogP contribution in [0, 0.1) is 12.3 Å². The van der Waals surface area contributed by atoms with Gasteiger partial charge < -0.3 is 23.9 Å². The van der Waals surface area contributed by atoms with E-state index in [1.165, 1.54) is 0 Å². The Morgan fingerprint density at radius 2 is 1.94 bits per heavy atom. The van der Waals surface area contributed by atoms with Gasteiger partial charge in [-0.2, -0.15) is 0 Å². The molecule has 0 radical (unpaired) electrons. The van der Waals surface area contributed by atoms with Crippen molar-refractivity contribution in [3.8, 4) is 0 Å². The highest BCUT2D eigenvalue weighted by Gasteiger charge is 2.45. The van der Waals surface area contributed by atoms with Gasteiger partial charge in [-0.1, -0.05) is 23.2 Å². The molecular formula is C25H25Cl2N3O4. The number of hydrogen-bond donors (Lipinski definition) is 1. The number of nitrogens with one attached hydrogen (secondary N) is 1. The lowest BCUT2D eigenvalue weighted by molar-refractivity contribution is -0.000187. The minimum absolute atomic E-state index is 0.176. The molecule has 7 nitrogen and oxygen atoms in total. The third kappa shape index (κ3) is 3.36. The van der Waals surface area contributed by atoms with Crippen LogP contribution in [-0.4, -0.2) is 48.6 Å². The summed E-state index contributed by atoms with van der Waals surface area (Å²) in [5.74, 6) is -0.201. The molecule has 1 aromatic carbocycles. The maximum absolute atomic E-state index is 13.6. The van der Waals surface area contributed by atoms with Crippen molar-refractivity contribution in [3.63, 3.8) is 0 Å². The summed E-state index contributed by atoms with van der Waals surface area (Å²) in [6.07, 6.45) is 4.22. The highest BCUT2D eigenvalue weighted by Crippen LogP contribution is 2.47. The minimum Gasteiger partial charge on any atom is -0.463 e. The number of halogens is 2. The fraction of sp³-hybridized carbons (Fsp3) is 0.440. The third-order valence-electron chi connectivity index (χ3n) is 7.63.